The van der Waals surface area contributed by atoms with Crippen molar-refractivity contribution in [1.82, 2.24) is 20.4 Å². The van der Waals surface area contributed by atoms with Gasteiger partial charge in [-0.15, -0.1) is 24.0 Å². The van der Waals surface area contributed by atoms with E-state index in [1.54, 1.807) is 14.2 Å². The van der Waals surface area contributed by atoms with Crippen molar-refractivity contribution in [3.63, 3.8) is 0 Å². The second kappa shape index (κ2) is 9.80. The van der Waals surface area contributed by atoms with E-state index in [2.05, 4.69) is 53.6 Å². The number of benzene rings is 1. The SMILES string of the molecule is CN=C(NCc1c(C)nn(C)c1C)NC(C)c1cc(C)ccc1OC.I. The summed E-state index contributed by atoms with van der Waals surface area (Å²) >= 11 is 0. The van der Waals surface area contributed by atoms with Crippen molar-refractivity contribution < 1.29 is 4.74 Å². The Labute approximate surface area is 173 Å². The third-order valence-corrected chi connectivity index (χ3v) is 4.52. The minimum atomic E-state index is 0. The second-order valence-electron chi connectivity index (χ2n) is 6.31. The molecule has 0 fully saturated rings. The lowest BCUT2D eigenvalue weighted by Gasteiger charge is -2.20. The fourth-order valence-corrected chi connectivity index (χ4v) is 2.92. The molecule has 1 heterocycles. The molecule has 0 radical (unpaired) electrons. The third-order valence-electron chi connectivity index (χ3n) is 4.52. The zero-order valence-electron chi connectivity index (χ0n) is 16.7. The van der Waals surface area contributed by atoms with Crippen molar-refractivity contribution in [2.45, 2.75) is 40.3 Å². The van der Waals surface area contributed by atoms with Crippen molar-refractivity contribution in [3.05, 3.63) is 46.3 Å². The standard InChI is InChI=1S/C19H29N5O.HI/c1-12-8-9-18(25-7)16(10-12)13(2)22-19(20-5)21-11-17-14(3)23-24(6)15(17)4;/h8-10,13H,11H2,1-7H3,(H2,20,21,22);1H. The van der Waals surface area contributed by atoms with E-state index in [0.29, 0.717) is 6.54 Å². The highest BCUT2D eigenvalue weighted by molar-refractivity contribution is 14.0. The maximum atomic E-state index is 5.49. The number of aromatic nitrogens is 2. The number of guanidine groups is 1. The lowest BCUT2D eigenvalue weighted by Crippen LogP contribution is -2.38. The number of hydrogen-bond donors (Lipinski definition) is 2. The molecule has 0 saturated heterocycles. The number of nitrogens with one attached hydrogen (secondary N) is 2. The molecule has 0 aliphatic carbocycles. The van der Waals surface area contributed by atoms with E-state index in [0.717, 1.165) is 28.7 Å². The van der Waals surface area contributed by atoms with Gasteiger partial charge in [0.25, 0.3) is 0 Å². The van der Waals surface area contributed by atoms with Gasteiger partial charge in [0.2, 0.25) is 0 Å². The molecule has 0 aliphatic rings. The average Bonchev–Trinajstić information content (AvgIpc) is 2.83. The Morgan fingerprint density at radius 1 is 1.31 bits per heavy atom. The number of hydrogen-bond acceptors (Lipinski definition) is 3. The summed E-state index contributed by atoms with van der Waals surface area (Å²) in [4.78, 5) is 4.34. The van der Waals surface area contributed by atoms with Crippen LogP contribution in [0.2, 0.25) is 0 Å². The van der Waals surface area contributed by atoms with Gasteiger partial charge in [0.05, 0.1) is 18.8 Å². The molecule has 26 heavy (non-hydrogen) atoms. The van der Waals surface area contributed by atoms with Crippen LogP contribution in [0.3, 0.4) is 0 Å². The van der Waals surface area contributed by atoms with Crippen molar-refractivity contribution in [1.29, 1.82) is 0 Å². The largest absolute Gasteiger partial charge is 0.496 e. The molecule has 0 aliphatic heterocycles. The van der Waals surface area contributed by atoms with Crippen molar-refractivity contribution in [3.8, 4) is 5.75 Å². The van der Waals surface area contributed by atoms with Crippen LogP contribution in [0.4, 0.5) is 0 Å². The summed E-state index contributed by atoms with van der Waals surface area (Å²) in [6.07, 6.45) is 0. The van der Waals surface area contributed by atoms with Gasteiger partial charge in [-0.05, 0) is 33.8 Å². The summed E-state index contributed by atoms with van der Waals surface area (Å²) in [7, 11) is 5.44. The number of methoxy groups -OCH3 is 1. The quantitative estimate of drug-likeness (QED) is 0.399. The van der Waals surface area contributed by atoms with Gasteiger partial charge in [0.15, 0.2) is 5.96 Å². The molecule has 2 aromatic rings. The highest BCUT2D eigenvalue weighted by atomic mass is 127. The first-order valence-corrected chi connectivity index (χ1v) is 8.48. The lowest BCUT2D eigenvalue weighted by atomic mass is 10.0. The van der Waals surface area contributed by atoms with E-state index in [4.69, 9.17) is 4.74 Å². The number of aryl methyl sites for hydroxylation is 3. The molecule has 0 spiro atoms. The number of halogens is 1. The van der Waals surface area contributed by atoms with Gasteiger partial charge in [0, 0.05) is 37.5 Å². The monoisotopic (exact) mass is 471 g/mol. The molecule has 1 unspecified atom stereocenters. The van der Waals surface area contributed by atoms with Gasteiger partial charge < -0.3 is 15.4 Å². The molecular formula is C19H30IN5O. The van der Waals surface area contributed by atoms with Gasteiger partial charge in [-0.2, -0.15) is 5.10 Å². The number of nitrogens with zero attached hydrogens (tertiary/aromatic N) is 3. The van der Waals surface area contributed by atoms with Gasteiger partial charge in [0.1, 0.15) is 5.75 Å². The van der Waals surface area contributed by atoms with Crippen LogP contribution in [0.15, 0.2) is 23.2 Å². The Balaban J connectivity index is 0.00000338. The van der Waals surface area contributed by atoms with Crippen molar-refractivity contribution in [2.75, 3.05) is 14.2 Å². The fourth-order valence-electron chi connectivity index (χ4n) is 2.92. The van der Waals surface area contributed by atoms with Gasteiger partial charge in [-0.1, -0.05) is 17.7 Å². The molecule has 0 saturated carbocycles. The highest BCUT2D eigenvalue weighted by Gasteiger charge is 2.14. The fraction of sp³-hybridized carbons (Fsp3) is 0.474. The maximum absolute atomic E-state index is 5.49. The van der Waals surface area contributed by atoms with Gasteiger partial charge in [-0.3, -0.25) is 9.67 Å². The van der Waals surface area contributed by atoms with Crippen LogP contribution in [0.25, 0.3) is 0 Å². The number of aliphatic imine (C=N–C) groups is 1. The molecule has 7 heteroatoms. The predicted molar refractivity (Wildman–Crippen MR) is 118 cm³/mol. The zero-order chi connectivity index (χ0) is 18.6. The minimum absolute atomic E-state index is 0. The zero-order valence-corrected chi connectivity index (χ0v) is 19.0. The molecule has 144 valence electrons. The Morgan fingerprint density at radius 2 is 2.00 bits per heavy atom. The summed E-state index contributed by atoms with van der Waals surface area (Å²) in [5, 5.41) is 11.3. The number of ether oxygens (including phenoxy) is 1. The van der Waals surface area contributed by atoms with Crippen molar-refractivity contribution in [2.24, 2.45) is 12.0 Å². The highest BCUT2D eigenvalue weighted by Crippen LogP contribution is 2.26. The van der Waals surface area contributed by atoms with Crippen LogP contribution in [0, 0.1) is 20.8 Å². The molecule has 0 bridgehead atoms. The van der Waals surface area contributed by atoms with Crippen LogP contribution in [-0.4, -0.2) is 29.9 Å². The molecule has 1 aromatic carbocycles. The first-order chi connectivity index (χ1) is 11.9. The second-order valence-corrected chi connectivity index (χ2v) is 6.31. The number of rotatable bonds is 5. The van der Waals surface area contributed by atoms with Gasteiger partial charge >= 0.3 is 0 Å². The van der Waals surface area contributed by atoms with E-state index in [-0.39, 0.29) is 30.0 Å². The Bertz CT molecular complexity index is 770. The molecule has 2 rings (SSSR count). The lowest BCUT2D eigenvalue weighted by molar-refractivity contribution is 0.405. The van der Waals surface area contributed by atoms with E-state index >= 15 is 0 Å². The summed E-state index contributed by atoms with van der Waals surface area (Å²) in [5.74, 6) is 1.62. The van der Waals surface area contributed by atoms with Gasteiger partial charge in [-0.25, -0.2) is 0 Å². The third kappa shape index (κ3) is 5.12. The molecule has 1 atom stereocenters. The Morgan fingerprint density at radius 3 is 2.54 bits per heavy atom. The molecular weight excluding hydrogens is 441 g/mol. The van der Waals surface area contributed by atoms with E-state index in [1.807, 2.05) is 24.7 Å². The molecule has 0 amide bonds. The van der Waals surface area contributed by atoms with E-state index < -0.39 is 0 Å². The van der Waals surface area contributed by atoms with E-state index in [1.165, 1.54) is 11.1 Å². The topological polar surface area (TPSA) is 63.5 Å². The maximum Gasteiger partial charge on any atom is 0.191 e. The summed E-state index contributed by atoms with van der Waals surface area (Å²) in [6, 6.07) is 6.26. The van der Waals surface area contributed by atoms with Crippen LogP contribution < -0.4 is 15.4 Å². The molecule has 6 nitrogen and oxygen atoms in total. The van der Waals surface area contributed by atoms with E-state index in [9.17, 15) is 0 Å². The predicted octanol–water partition coefficient (Wildman–Crippen LogP) is 3.40. The molecule has 2 N–H and O–H groups in total. The first-order valence-electron chi connectivity index (χ1n) is 8.48. The first kappa shape index (κ1) is 22.3. The van der Waals surface area contributed by atoms with Crippen LogP contribution in [0.5, 0.6) is 5.75 Å². The van der Waals surface area contributed by atoms with Crippen LogP contribution in [0.1, 0.15) is 41.0 Å². The average molecular weight is 471 g/mol. The summed E-state index contributed by atoms with van der Waals surface area (Å²) in [5.41, 5.74) is 5.71. The molecule has 1 aromatic heterocycles. The normalized spacial score (nSPS) is 12.3. The Hall–Kier alpha value is -1.77. The smallest absolute Gasteiger partial charge is 0.191 e. The summed E-state index contributed by atoms with van der Waals surface area (Å²) < 4.78 is 7.39. The van der Waals surface area contributed by atoms with Crippen LogP contribution >= 0.6 is 24.0 Å². The Kier molecular flexibility index (Phi) is 8.39. The van der Waals surface area contributed by atoms with Crippen molar-refractivity contribution >= 4 is 29.9 Å². The van der Waals surface area contributed by atoms with Crippen LogP contribution in [-0.2, 0) is 13.6 Å². The summed E-state index contributed by atoms with van der Waals surface area (Å²) in [6.45, 7) is 8.97. The minimum Gasteiger partial charge on any atom is -0.496 e.